The summed E-state index contributed by atoms with van der Waals surface area (Å²) in [5, 5.41) is 22.7. The number of quaternary nitrogens is 1. The van der Waals surface area contributed by atoms with E-state index in [1.807, 2.05) is 0 Å². The molecule has 0 saturated carbocycles. The fraction of sp³-hybridized carbons (Fsp3) is 0.579. The standard InChI is InChI=1S/C19H25BN2O6/c23-16(8-12-2-1-7-21-9-12)22-10-14(11-22)27-15-4-3-13-5-6-20(26)28-18(13)17(15)19(24)25/h3-4,12,14,21,26H,1-2,5-11H2,(H,24,25)/p+1. The van der Waals surface area contributed by atoms with E-state index in [-0.39, 0.29) is 29.1 Å². The molecule has 1 aromatic rings. The summed E-state index contributed by atoms with van der Waals surface area (Å²) in [6.45, 7) is 3.02. The van der Waals surface area contributed by atoms with Gasteiger partial charge in [-0.3, -0.25) is 4.90 Å². The first-order valence-corrected chi connectivity index (χ1v) is 10.0. The molecule has 3 aliphatic rings. The number of aryl methyl sites for hydroxylation is 1. The highest BCUT2D eigenvalue weighted by Crippen LogP contribution is 2.36. The number of aromatic carboxylic acids is 1. The summed E-state index contributed by atoms with van der Waals surface area (Å²) < 4.78 is 11.3. The summed E-state index contributed by atoms with van der Waals surface area (Å²) in [5.41, 5.74) is 0.705. The van der Waals surface area contributed by atoms with Gasteiger partial charge in [0.15, 0.2) is 6.10 Å². The van der Waals surface area contributed by atoms with Crippen LogP contribution in [0.5, 0.6) is 11.5 Å². The van der Waals surface area contributed by atoms with Crippen molar-refractivity contribution in [3.05, 3.63) is 23.3 Å². The highest BCUT2D eigenvalue weighted by Gasteiger charge is 2.40. The van der Waals surface area contributed by atoms with Crippen molar-refractivity contribution in [3.63, 3.8) is 0 Å². The number of nitrogens with one attached hydrogen (secondary N) is 2. The van der Waals surface area contributed by atoms with Gasteiger partial charge in [0.05, 0.1) is 6.42 Å². The monoisotopic (exact) mass is 389 g/mol. The fourth-order valence-corrected chi connectivity index (χ4v) is 4.20. The van der Waals surface area contributed by atoms with E-state index < -0.39 is 13.1 Å². The van der Waals surface area contributed by atoms with Crippen molar-refractivity contribution in [2.45, 2.75) is 38.1 Å². The summed E-state index contributed by atoms with van der Waals surface area (Å²) in [6.07, 6.45) is 3.59. The molecule has 1 amide bonds. The van der Waals surface area contributed by atoms with Crippen LogP contribution in [0, 0.1) is 5.92 Å². The van der Waals surface area contributed by atoms with Gasteiger partial charge in [0, 0.05) is 0 Å². The molecule has 4 rings (SSSR count). The summed E-state index contributed by atoms with van der Waals surface area (Å²) >= 11 is 0. The van der Waals surface area contributed by atoms with Crippen LogP contribution in [0.2, 0.25) is 6.32 Å². The minimum atomic E-state index is -1.15. The normalized spacial score (nSPS) is 26.6. The third-order valence-corrected chi connectivity index (χ3v) is 5.84. The average molecular weight is 389 g/mol. The van der Waals surface area contributed by atoms with Crippen LogP contribution in [0.4, 0.5) is 0 Å². The van der Waals surface area contributed by atoms with E-state index in [1.54, 1.807) is 12.1 Å². The molecule has 8 nitrogen and oxygen atoms in total. The number of fused-ring (bicyclic) bond motifs is 1. The zero-order valence-corrected chi connectivity index (χ0v) is 15.8. The van der Waals surface area contributed by atoms with Crippen LogP contribution in [0.25, 0.3) is 0 Å². The summed E-state index contributed by atoms with van der Waals surface area (Å²) in [4.78, 5) is 25.1. The second kappa shape index (κ2) is 8.10. The predicted octanol–water partition coefficient (Wildman–Crippen LogP) is -0.638. The maximum absolute atomic E-state index is 12.4. The molecule has 150 valence electrons. The van der Waals surface area contributed by atoms with Gasteiger partial charge in [0.1, 0.15) is 30.2 Å². The van der Waals surface area contributed by atoms with Crippen LogP contribution in [0.3, 0.4) is 0 Å². The number of hydrogen-bond donors (Lipinski definition) is 4. The number of likely N-dealkylation sites (tertiary alicyclic amines) is 1. The lowest BCUT2D eigenvalue weighted by molar-refractivity contribution is -0.873. The first-order valence-electron chi connectivity index (χ1n) is 10.0. The number of piperidine rings is 1. The minimum Gasteiger partial charge on any atom is -0.535 e. The van der Waals surface area contributed by atoms with Gasteiger partial charge in [-0.2, -0.15) is 0 Å². The smallest absolute Gasteiger partial charge is 0.522 e. The van der Waals surface area contributed by atoms with Gasteiger partial charge in [0.2, 0.25) is 0 Å². The molecule has 0 aromatic heterocycles. The molecular formula is C19H26BN2O6+. The summed E-state index contributed by atoms with van der Waals surface area (Å²) in [7, 11) is -1.00. The number of hydrogen-bond acceptors (Lipinski definition) is 6. The lowest BCUT2D eigenvalue weighted by Crippen LogP contribution is -3.24. The molecule has 4 N–H and O–H groups in total. The Hall–Kier alpha value is -2.10. The number of benzene rings is 1. The molecule has 1 aromatic carbocycles. The number of ether oxygens (including phenoxy) is 1. The molecule has 0 aliphatic carbocycles. The zero-order valence-electron chi connectivity index (χ0n) is 15.8. The van der Waals surface area contributed by atoms with Crippen molar-refractivity contribution in [1.82, 2.24) is 5.32 Å². The molecule has 1 unspecified atom stereocenters. The number of carboxylic acid groups (broad SMARTS) is 1. The highest BCUT2D eigenvalue weighted by atomic mass is 16.5. The Kier molecular flexibility index (Phi) is 5.57. The fourth-order valence-electron chi connectivity index (χ4n) is 4.20. The topological polar surface area (TPSA) is 110 Å². The zero-order chi connectivity index (χ0) is 19.7. The lowest BCUT2D eigenvalue weighted by Gasteiger charge is -2.35. The van der Waals surface area contributed by atoms with Gasteiger partial charge in [0.25, 0.3) is 0 Å². The van der Waals surface area contributed by atoms with E-state index >= 15 is 0 Å². The van der Waals surface area contributed by atoms with Crippen molar-refractivity contribution < 1.29 is 34.0 Å². The predicted molar refractivity (Wildman–Crippen MR) is 101 cm³/mol. The molecule has 1 atom stereocenters. The number of carbonyl (C=O) groups excluding carboxylic acids is 1. The van der Waals surface area contributed by atoms with Gasteiger partial charge in [-0.25, -0.2) is 9.59 Å². The van der Waals surface area contributed by atoms with Crippen LogP contribution >= 0.6 is 0 Å². The summed E-state index contributed by atoms with van der Waals surface area (Å²) in [6, 6.07) is 3.43. The summed E-state index contributed by atoms with van der Waals surface area (Å²) in [5.74, 6) is -0.104. The molecule has 0 spiro atoms. The van der Waals surface area contributed by atoms with Crippen molar-refractivity contribution >= 4 is 19.0 Å². The quantitative estimate of drug-likeness (QED) is 0.496. The maximum atomic E-state index is 12.4. The SMILES string of the molecule is O=C(O)c1c(OC2C[NH+](C(=O)CC3CCCNC3)C2)ccc2c1OB(O)CC2. The molecular weight excluding hydrogens is 363 g/mol. The van der Waals surface area contributed by atoms with Crippen molar-refractivity contribution in [1.29, 1.82) is 0 Å². The lowest BCUT2D eigenvalue weighted by atomic mass is 9.78. The second-order valence-electron chi connectivity index (χ2n) is 7.93. The van der Waals surface area contributed by atoms with E-state index in [4.69, 9.17) is 9.39 Å². The van der Waals surface area contributed by atoms with E-state index in [1.165, 1.54) is 0 Å². The molecule has 3 aliphatic heterocycles. The third kappa shape index (κ3) is 4.01. The van der Waals surface area contributed by atoms with E-state index in [2.05, 4.69) is 5.32 Å². The Morgan fingerprint density at radius 2 is 2.18 bits per heavy atom. The molecule has 0 radical (unpaired) electrons. The molecule has 28 heavy (non-hydrogen) atoms. The molecule has 2 fully saturated rings. The van der Waals surface area contributed by atoms with Crippen molar-refractivity contribution in [2.24, 2.45) is 5.92 Å². The third-order valence-electron chi connectivity index (χ3n) is 5.84. The van der Waals surface area contributed by atoms with Crippen LogP contribution in [0.15, 0.2) is 12.1 Å². The average Bonchev–Trinajstić information content (AvgIpc) is 2.64. The van der Waals surface area contributed by atoms with Gasteiger partial charge in [-0.15, -0.1) is 0 Å². The number of rotatable bonds is 5. The van der Waals surface area contributed by atoms with E-state index in [0.717, 1.165) is 36.4 Å². The first-order chi connectivity index (χ1) is 13.5. The Balaban J connectivity index is 1.37. The minimum absolute atomic E-state index is 0.0516. The highest BCUT2D eigenvalue weighted by molar-refractivity contribution is 6.44. The van der Waals surface area contributed by atoms with Crippen molar-refractivity contribution in [2.75, 3.05) is 26.2 Å². The van der Waals surface area contributed by atoms with E-state index in [0.29, 0.717) is 38.2 Å². The van der Waals surface area contributed by atoms with E-state index in [9.17, 15) is 19.7 Å². The van der Waals surface area contributed by atoms with Crippen LogP contribution < -0.4 is 19.6 Å². The number of amides is 1. The Labute approximate surface area is 163 Å². The van der Waals surface area contributed by atoms with Gasteiger partial charge < -0.3 is 24.8 Å². The first kappa shape index (κ1) is 19.2. The number of carboxylic acids is 1. The Bertz CT molecular complexity index is 761. The van der Waals surface area contributed by atoms with Crippen LogP contribution in [-0.4, -0.2) is 61.4 Å². The van der Waals surface area contributed by atoms with Gasteiger partial charge in [-0.05, 0) is 56.2 Å². The van der Waals surface area contributed by atoms with Crippen LogP contribution in [-0.2, 0) is 11.2 Å². The van der Waals surface area contributed by atoms with Crippen LogP contribution in [0.1, 0.15) is 35.2 Å². The number of carbonyl (C=O) groups is 2. The van der Waals surface area contributed by atoms with Gasteiger partial charge in [-0.1, -0.05) is 6.07 Å². The largest absolute Gasteiger partial charge is 0.535 e. The van der Waals surface area contributed by atoms with Crippen molar-refractivity contribution in [3.8, 4) is 11.5 Å². The Morgan fingerprint density at radius 3 is 2.89 bits per heavy atom. The molecule has 0 bridgehead atoms. The van der Waals surface area contributed by atoms with Gasteiger partial charge >= 0.3 is 19.0 Å². The molecule has 9 heteroatoms. The maximum Gasteiger partial charge on any atom is 0.522 e. The molecule has 2 saturated heterocycles. The second-order valence-corrected chi connectivity index (χ2v) is 7.93. The Morgan fingerprint density at radius 1 is 1.36 bits per heavy atom. The molecule has 3 heterocycles.